The average Bonchev–Trinajstić information content (AvgIpc) is 2.92. The zero-order chi connectivity index (χ0) is 16.9. The number of rotatable bonds is 6. The number of aliphatic hydroxyl groups is 1. The van der Waals surface area contributed by atoms with Crippen molar-refractivity contribution in [2.45, 2.75) is 30.6 Å². The lowest BCUT2D eigenvalue weighted by molar-refractivity contribution is -0.118. The Morgan fingerprint density at radius 1 is 1.17 bits per heavy atom. The van der Waals surface area contributed by atoms with Crippen LogP contribution >= 0.6 is 11.8 Å². The maximum atomic E-state index is 11.6. The highest BCUT2D eigenvalue weighted by Crippen LogP contribution is 2.23. The molecule has 2 heterocycles. The number of aliphatic hydroxyl groups excluding tert-OH is 1. The Hall–Kier alpha value is -2.18. The maximum Gasteiger partial charge on any atom is 0.286 e. The Balaban J connectivity index is 1.53. The van der Waals surface area contributed by atoms with Gasteiger partial charge < -0.3 is 5.11 Å². The molecule has 0 aliphatic carbocycles. The van der Waals surface area contributed by atoms with E-state index in [0.717, 1.165) is 28.6 Å². The summed E-state index contributed by atoms with van der Waals surface area (Å²) >= 11 is 1.02. The number of benzene rings is 1. The van der Waals surface area contributed by atoms with Crippen LogP contribution in [-0.4, -0.2) is 26.5 Å². The van der Waals surface area contributed by atoms with Gasteiger partial charge >= 0.3 is 0 Å². The predicted octanol–water partition coefficient (Wildman–Crippen LogP) is 2.64. The van der Waals surface area contributed by atoms with Crippen molar-refractivity contribution >= 4 is 22.9 Å². The van der Waals surface area contributed by atoms with Crippen LogP contribution in [0.3, 0.4) is 0 Å². The smallest absolute Gasteiger partial charge is 0.286 e. The van der Waals surface area contributed by atoms with Crippen molar-refractivity contribution in [3.05, 3.63) is 65.5 Å². The van der Waals surface area contributed by atoms with E-state index in [1.54, 1.807) is 6.20 Å². The fourth-order valence-corrected chi connectivity index (χ4v) is 3.45. The highest BCUT2D eigenvalue weighted by molar-refractivity contribution is 8.15. The molecule has 2 atom stereocenters. The Bertz CT molecular complexity index is 719. The van der Waals surface area contributed by atoms with Crippen LogP contribution in [0.5, 0.6) is 0 Å². The molecule has 0 spiro atoms. The van der Waals surface area contributed by atoms with Gasteiger partial charge in [-0.1, -0.05) is 48.2 Å². The fraction of sp³-hybridized carbons (Fsp3) is 0.278. The number of nitrogens with one attached hydrogen (secondary N) is 1. The van der Waals surface area contributed by atoms with E-state index in [1.807, 2.05) is 42.5 Å². The standard InChI is InChI=1S/C18H18N2O3S/c21-15(13-4-2-1-3-5-13)9-8-14-7-6-12(11-19-14)10-16-17(22)20-18(23)24-16/h1-7,11,15-16,21H,8-10H2,(H,20,22,23). The number of hydrogen-bond acceptors (Lipinski definition) is 5. The molecule has 124 valence electrons. The van der Waals surface area contributed by atoms with Gasteiger partial charge in [0.15, 0.2) is 0 Å². The molecular formula is C18H18N2O3S. The van der Waals surface area contributed by atoms with Crippen LogP contribution in [-0.2, 0) is 17.6 Å². The van der Waals surface area contributed by atoms with Crippen molar-refractivity contribution in [3.63, 3.8) is 0 Å². The first kappa shape index (κ1) is 16.7. The number of thioether (sulfide) groups is 1. The van der Waals surface area contributed by atoms with Crippen LogP contribution in [0, 0.1) is 0 Å². The van der Waals surface area contributed by atoms with Gasteiger partial charge in [-0.25, -0.2) is 0 Å². The molecule has 1 fully saturated rings. The normalized spacial score (nSPS) is 18.5. The van der Waals surface area contributed by atoms with Crippen LogP contribution in [0.15, 0.2) is 48.7 Å². The number of nitrogens with zero attached hydrogens (tertiary/aromatic N) is 1. The molecule has 0 bridgehead atoms. The van der Waals surface area contributed by atoms with Gasteiger partial charge in [0.1, 0.15) is 0 Å². The van der Waals surface area contributed by atoms with E-state index >= 15 is 0 Å². The first-order chi connectivity index (χ1) is 11.6. The summed E-state index contributed by atoms with van der Waals surface area (Å²) in [5, 5.41) is 11.8. The number of carbonyl (C=O) groups excluding carboxylic acids is 2. The zero-order valence-electron chi connectivity index (χ0n) is 13.0. The molecule has 2 unspecified atom stereocenters. The molecule has 1 saturated heterocycles. The summed E-state index contributed by atoms with van der Waals surface area (Å²) in [5.74, 6) is -0.236. The van der Waals surface area contributed by atoms with Gasteiger partial charge in [0.25, 0.3) is 5.24 Å². The monoisotopic (exact) mass is 342 g/mol. The van der Waals surface area contributed by atoms with Crippen LogP contribution in [0.1, 0.15) is 29.3 Å². The van der Waals surface area contributed by atoms with Gasteiger partial charge in [-0.2, -0.15) is 0 Å². The molecule has 6 heteroatoms. The van der Waals surface area contributed by atoms with Crippen molar-refractivity contribution in [1.29, 1.82) is 0 Å². The van der Waals surface area contributed by atoms with Gasteiger partial charge in [0.05, 0.1) is 11.4 Å². The highest BCUT2D eigenvalue weighted by atomic mass is 32.2. The molecule has 2 amide bonds. The van der Waals surface area contributed by atoms with E-state index in [0.29, 0.717) is 19.3 Å². The van der Waals surface area contributed by atoms with Gasteiger partial charge in [0, 0.05) is 11.9 Å². The number of amides is 2. The summed E-state index contributed by atoms with van der Waals surface area (Å²) in [5.41, 5.74) is 2.72. The fourth-order valence-electron chi connectivity index (χ4n) is 2.59. The minimum atomic E-state index is -0.503. The summed E-state index contributed by atoms with van der Waals surface area (Å²) in [6, 6.07) is 13.4. The third-order valence-corrected chi connectivity index (χ3v) is 4.91. The van der Waals surface area contributed by atoms with Crippen molar-refractivity contribution in [3.8, 4) is 0 Å². The van der Waals surface area contributed by atoms with E-state index in [-0.39, 0.29) is 16.4 Å². The van der Waals surface area contributed by atoms with Crippen molar-refractivity contribution in [2.75, 3.05) is 0 Å². The first-order valence-electron chi connectivity index (χ1n) is 7.80. The van der Waals surface area contributed by atoms with Gasteiger partial charge in [0.2, 0.25) is 5.91 Å². The predicted molar refractivity (Wildman–Crippen MR) is 92.6 cm³/mol. The second-order valence-corrected chi connectivity index (χ2v) is 6.89. The quantitative estimate of drug-likeness (QED) is 0.844. The third kappa shape index (κ3) is 4.21. The zero-order valence-corrected chi connectivity index (χ0v) is 13.8. The van der Waals surface area contributed by atoms with Crippen molar-refractivity contribution in [2.24, 2.45) is 0 Å². The molecule has 0 saturated carbocycles. The largest absolute Gasteiger partial charge is 0.388 e. The maximum absolute atomic E-state index is 11.6. The summed E-state index contributed by atoms with van der Waals surface area (Å²) in [4.78, 5) is 27.1. The highest BCUT2D eigenvalue weighted by Gasteiger charge is 2.31. The molecule has 1 aromatic heterocycles. The molecule has 3 rings (SSSR count). The topological polar surface area (TPSA) is 79.3 Å². The van der Waals surface area contributed by atoms with Gasteiger partial charge in [-0.15, -0.1) is 0 Å². The minimum absolute atomic E-state index is 0.236. The van der Waals surface area contributed by atoms with Crippen molar-refractivity contribution in [1.82, 2.24) is 10.3 Å². The summed E-state index contributed by atoms with van der Waals surface area (Å²) in [6.45, 7) is 0. The second kappa shape index (κ2) is 7.59. The summed E-state index contributed by atoms with van der Waals surface area (Å²) < 4.78 is 0. The number of aryl methyl sites for hydroxylation is 1. The van der Waals surface area contributed by atoms with Crippen LogP contribution in [0.25, 0.3) is 0 Å². The molecule has 24 heavy (non-hydrogen) atoms. The van der Waals surface area contributed by atoms with Crippen molar-refractivity contribution < 1.29 is 14.7 Å². The molecule has 1 aliphatic heterocycles. The lowest BCUT2D eigenvalue weighted by Gasteiger charge is -2.11. The molecule has 1 aliphatic rings. The molecule has 5 nitrogen and oxygen atoms in total. The molecule has 2 N–H and O–H groups in total. The molecular weight excluding hydrogens is 324 g/mol. The lowest BCUT2D eigenvalue weighted by atomic mass is 10.0. The number of imide groups is 1. The molecule has 1 aromatic carbocycles. The SMILES string of the molecule is O=C1NC(=O)C(Cc2ccc(CCC(O)c3ccccc3)nc2)S1. The Kier molecular flexibility index (Phi) is 5.27. The Morgan fingerprint density at radius 2 is 1.96 bits per heavy atom. The Labute approximate surface area is 144 Å². The number of carbonyl (C=O) groups is 2. The van der Waals surface area contributed by atoms with Crippen LogP contribution in [0.2, 0.25) is 0 Å². The van der Waals surface area contributed by atoms with E-state index in [4.69, 9.17) is 0 Å². The first-order valence-corrected chi connectivity index (χ1v) is 8.68. The Morgan fingerprint density at radius 3 is 2.58 bits per heavy atom. The molecule has 2 aromatic rings. The number of pyridine rings is 1. The second-order valence-electron chi connectivity index (χ2n) is 5.71. The van der Waals surface area contributed by atoms with E-state index < -0.39 is 6.10 Å². The number of hydrogen-bond donors (Lipinski definition) is 2. The van der Waals surface area contributed by atoms with E-state index in [1.165, 1.54) is 0 Å². The van der Waals surface area contributed by atoms with Gasteiger partial charge in [-0.3, -0.25) is 19.9 Å². The van der Waals surface area contributed by atoms with E-state index in [2.05, 4.69) is 10.3 Å². The number of aromatic nitrogens is 1. The van der Waals surface area contributed by atoms with Crippen LogP contribution in [0.4, 0.5) is 4.79 Å². The summed E-state index contributed by atoms with van der Waals surface area (Å²) in [7, 11) is 0. The van der Waals surface area contributed by atoms with Gasteiger partial charge in [-0.05, 0) is 36.5 Å². The van der Waals surface area contributed by atoms with E-state index in [9.17, 15) is 14.7 Å². The average molecular weight is 342 g/mol. The molecule has 0 radical (unpaired) electrons. The third-order valence-electron chi connectivity index (χ3n) is 3.93. The van der Waals surface area contributed by atoms with Crippen LogP contribution < -0.4 is 5.32 Å². The lowest BCUT2D eigenvalue weighted by Crippen LogP contribution is -2.25. The minimum Gasteiger partial charge on any atom is -0.388 e. The summed E-state index contributed by atoms with van der Waals surface area (Å²) in [6.07, 6.45) is 3.00.